The number of nitrogens with one attached hydrogen (secondary N) is 1. The van der Waals surface area contributed by atoms with E-state index in [1.165, 1.54) is 22.4 Å². The lowest BCUT2D eigenvalue weighted by molar-refractivity contribution is -0.163. The first-order valence-electron chi connectivity index (χ1n) is 16.9. The van der Waals surface area contributed by atoms with Crippen molar-refractivity contribution in [2.45, 2.75) is 45.6 Å². The minimum atomic E-state index is -1.65. The van der Waals surface area contributed by atoms with Gasteiger partial charge in [0.15, 0.2) is 0 Å². The highest BCUT2D eigenvalue weighted by Crippen LogP contribution is 2.40. The van der Waals surface area contributed by atoms with E-state index in [4.69, 9.17) is 9.47 Å². The number of anilines is 1. The Morgan fingerprint density at radius 1 is 0.882 bits per heavy atom. The van der Waals surface area contributed by atoms with Crippen molar-refractivity contribution in [1.29, 1.82) is 0 Å². The topological polar surface area (TPSA) is 122 Å². The highest BCUT2D eigenvalue weighted by Gasteiger charge is 2.55. The van der Waals surface area contributed by atoms with Gasteiger partial charge in [-0.2, -0.15) is 0 Å². The summed E-state index contributed by atoms with van der Waals surface area (Å²) in [7, 11) is 4.67. The van der Waals surface area contributed by atoms with E-state index in [0.29, 0.717) is 28.2 Å². The van der Waals surface area contributed by atoms with Gasteiger partial charge in [-0.15, -0.1) is 0 Å². The lowest BCUT2D eigenvalue weighted by atomic mass is 9.90. The molecule has 1 aliphatic heterocycles. The molecule has 51 heavy (non-hydrogen) atoms. The summed E-state index contributed by atoms with van der Waals surface area (Å²) in [5.41, 5.74) is 4.27. The molecule has 0 saturated carbocycles. The molecule has 0 radical (unpaired) electrons. The molecule has 4 aromatic rings. The van der Waals surface area contributed by atoms with Crippen LogP contribution in [0.2, 0.25) is 0 Å². The van der Waals surface area contributed by atoms with Gasteiger partial charge in [0.1, 0.15) is 6.61 Å². The Labute approximate surface area is 298 Å². The van der Waals surface area contributed by atoms with Crippen LogP contribution in [0.5, 0.6) is 0 Å². The number of hydrogen-bond acceptors (Lipinski definition) is 7. The Morgan fingerprint density at radius 2 is 1.59 bits per heavy atom. The maximum atomic E-state index is 13.8. The quantitative estimate of drug-likeness (QED) is 0.182. The molecule has 0 aliphatic carbocycles. The third kappa shape index (κ3) is 7.12. The number of amides is 3. The van der Waals surface area contributed by atoms with E-state index in [1.54, 1.807) is 69.6 Å². The molecule has 4 aromatic carbocycles. The molecule has 1 N–H and O–H groups in total. The lowest BCUT2D eigenvalue weighted by Gasteiger charge is -2.33. The van der Waals surface area contributed by atoms with Gasteiger partial charge in [-0.3, -0.25) is 19.2 Å². The number of benzene rings is 4. The second-order valence-electron chi connectivity index (χ2n) is 13.1. The van der Waals surface area contributed by atoms with Crippen molar-refractivity contribution in [3.05, 3.63) is 124 Å². The van der Waals surface area contributed by atoms with E-state index in [0.717, 1.165) is 16.7 Å². The Bertz CT molecular complexity index is 2000. The standard InChI is InChI=1S/C41H43N3O7/c1-8-50-40(49)41(33-15-10-9-13-30(33)39(48)44(41)7)24-51-35(45)23-27-16-21-34(32(22-27)38(47)43(5)6)42-37(46)31-14-11-12-26(4)36(31)29-19-17-28(18-20-29)25(2)3/h9-22,25H,8,23-24H2,1-7H3,(H,42,46). The molecule has 1 unspecified atom stereocenters. The second kappa shape index (κ2) is 15.0. The number of nitrogens with zero attached hydrogens (tertiary/aromatic N) is 2. The number of rotatable bonds is 11. The third-order valence-electron chi connectivity index (χ3n) is 9.24. The number of carbonyl (C=O) groups excluding carboxylic acids is 5. The third-order valence-corrected chi connectivity index (χ3v) is 9.24. The van der Waals surface area contributed by atoms with E-state index in [-0.39, 0.29) is 42.0 Å². The summed E-state index contributed by atoms with van der Waals surface area (Å²) >= 11 is 0. The molecule has 5 rings (SSSR count). The summed E-state index contributed by atoms with van der Waals surface area (Å²) in [6.07, 6.45) is -0.242. The summed E-state index contributed by atoms with van der Waals surface area (Å²) in [5.74, 6) is -2.17. The highest BCUT2D eigenvalue weighted by molar-refractivity contribution is 6.12. The van der Waals surface area contributed by atoms with Gasteiger partial charge in [0.2, 0.25) is 5.54 Å². The number of fused-ring (bicyclic) bond motifs is 1. The average Bonchev–Trinajstić information content (AvgIpc) is 3.33. The van der Waals surface area contributed by atoms with Crippen LogP contribution >= 0.6 is 0 Å². The van der Waals surface area contributed by atoms with E-state index in [2.05, 4.69) is 31.3 Å². The molecule has 1 atom stereocenters. The minimum Gasteiger partial charge on any atom is -0.464 e. The maximum absolute atomic E-state index is 13.8. The van der Waals surface area contributed by atoms with Gasteiger partial charge < -0.3 is 24.6 Å². The Hall–Kier alpha value is -5.77. The fraction of sp³-hybridized carbons (Fsp3) is 0.293. The number of esters is 2. The molecule has 10 nitrogen and oxygen atoms in total. The van der Waals surface area contributed by atoms with Crippen molar-refractivity contribution in [2.75, 3.05) is 39.7 Å². The number of carbonyl (C=O) groups is 5. The van der Waals surface area contributed by atoms with Gasteiger partial charge in [-0.05, 0) is 71.8 Å². The molecule has 264 valence electrons. The summed E-state index contributed by atoms with van der Waals surface area (Å²) in [5, 5.41) is 2.93. The van der Waals surface area contributed by atoms with Crippen LogP contribution in [0.25, 0.3) is 11.1 Å². The second-order valence-corrected chi connectivity index (χ2v) is 13.1. The summed E-state index contributed by atoms with van der Waals surface area (Å²) < 4.78 is 11.0. The monoisotopic (exact) mass is 689 g/mol. The molecule has 0 aromatic heterocycles. The normalized spacial score (nSPS) is 15.0. The predicted molar refractivity (Wildman–Crippen MR) is 195 cm³/mol. The molecule has 0 saturated heterocycles. The van der Waals surface area contributed by atoms with E-state index in [1.807, 2.05) is 31.2 Å². The average molecular weight is 690 g/mol. The highest BCUT2D eigenvalue weighted by atomic mass is 16.6. The van der Waals surface area contributed by atoms with Gasteiger partial charge in [0.25, 0.3) is 17.7 Å². The Balaban J connectivity index is 1.39. The van der Waals surface area contributed by atoms with Crippen LogP contribution in [-0.4, -0.2) is 73.8 Å². The number of ether oxygens (including phenoxy) is 2. The minimum absolute atomic E-state index is 0.0703. The van der Waals surface area contributed by atoms with Crippen LogP contribution in [0.15, 0.2) is 84.9 Å². The van der Waals surface area contributed by atoms with Crippen LogP contribution < -0.4 is 5.32 Å². The van der Waals surface area contributed by atoms with E-state index < -0.39 is 24.1 Å². The zero-order valence-electron chi connectivity index (χ0n) is 30.0. The van der Waals surface area contributed by atoms with Crippen molar-refractivity contribution < 1.29 is 33.4 Å². The van der Waals surface area contributed by atoms with Gasteiger partial charge in [0.05, 0.1) is 24.3 Å². The first-order chi connectivity index (χ1) is 24.3. The van der Waals surface area contributed by atoms with Gasteiger partial charge in [-0.1, -0.05) is 74.5 Å². The van der Waals surface area contributed by atoms with Gasteiger partial charge in [0, 0.05) is 37.8 Å². The van der Waals surface area contributed by atoms with Crippen molar-refractivity contribution in [3.63, 3.8) is 0 Å². The van der Waals surface area contributed by atoms with Gasteiger partial charge in [-0.25, -0.2) is 4.79 Å². The fourth-order valence-corrected chi connectivity index (χ4v) is 6.39. The first kappa shape index (κ1) is 36.5. The largest absolute Gasteiger partial charge is 0.464 e. The molecule has 1 heterocycles. The van der Waals surface area contributed by atoms with Crippen LogP contribution in [0.3, 0.4) is 0 Å². The Morgan fingerprint density at radius 3 is 2.25 bits per heavy atom. The molecular weight excluding hydrogens is 646 g/mol. The summed E-state index contributed by atoms with van der Waals surface area (Å²) in [6, 6.07) is 25.1. The van der Waals surface area contributed by atoms with Crippen LogP contribution in [0.4, 0.5) is 5.69 Å². The van der Waals surface area contributed by atoms with Crippen molar-refractivity contribution in [1.82, 2.24) is 9.80 Å². The maximum Gasteiger partial charge on any atom is 0.340 e. The fourth-order valence-electron chi connectivity index (χ4n) is 6.39. The predicted octanol–water partition coefficient (Wildman–Crippen LogP) is 6.37. The van der Waals surface area contributed by atoms with Crippen molar-refractivity contribution in [2.24, 2.45) is 0 Å². The zero-order chi connectivity index (χ0) is 37.0. The molecule has 1 aliphatic rings. The number of hydrogen-bond donors (Lipinski definition) is 1. The van der Waals surface area contributed by atoms with Gasteiger partial charge >= 0.3 is 11.9 Å². The molecule has 3 amide bonds. The van der Waals surface area contributed by atoms with Crippen LogP contribution in [-0.2, 0) is 31.0 Å². The molecular formula is C41H43N3O7. The van der Waals surface area contributed by atoms with E-state index >= 15 is 0 Å². The number of aryl methyl sites for hydroxylation is 1. The smallest absolute Gasteiger partial charge is 0.340 e. The molecule has 0 spiro atoms. The first-order valence-corrected chi connectivity index (χ1v) is 16.9. The van der Waals surface area contributed by atoms with Crippen molar-refractivity contribution in [3.8, 4) is 11.1 Å². The SMILES string of the molecule is CCOC(=O)C1(COC(=O)Cc2ccc(NC(=O)c3cccc(C)c3-c3ccc(C(C)C)cc3)c(C(=O)N(C)C)c2)c2ccccc2C(=O)N1C. The van der Waals surface area contributed by atoms with Crippen LogP contribution in [0.1, 0.15) is 80.0 Å². The van der Waals surface area contributed by atoms with Crippen LogP contribution in [0, 0.1) is 6.92 Å². The molecule has 0 fully saturated rings. The van der Waals surface area contributed by atoms with Crippen molar-refractivity contribution >= 4 is 35.3 Å². The zero-order valence-corrected chi connectivity index (χ0v) is 30.0. The summed E-state index contributed by atoms with van der Waals surface area (Å²) in [6.45, 7) is 7.47. The van der Waals surface area contributed by atoms with E-state index in [9.17, 15) is 24.0 Å². The molecule has 10 heteroatoms. The lowest BCUT2D eigenvalue weighted by Crippen LogP contribution is -2.52. The Kier molecular flexibility index (Phi) is 10.7. The molecule has 0 bridgehead atoms. The summed E-state index contributed by atoms with van der Waals surface area (Å²) in [4.78, 5) is 69.5. The number of likely N-dealkylation sites (N-methyl/N-ethyl adjacent to an activating group) is 1.